The average molecular weight is 296 g/mol. The molecule has 2 aromatic rings. The maximum Gasteiger partial charge on any atom is 0.249 e. The summed E-state index contributed by atoms with van der Waals surface area (Å²) in [6.07, 6.45) is 0.404. The summed E-state index contributed by atoms with van der Waals surface area (Å²) < 4.78 is 5.62. The van der Waals surface area contributed by atoms with Gasteiger partial charge in [-0.05, 0) is 32.5 Å². The first-order chi connectivity index (χ1) is 9.56. The van der Waals surface area contributed by atoms with Crippen molar-refractivity contribution in [1.82, 2.24) is 15.1 Å². The van der Waals surface area contributed by atoms with Crippen molar-refractivity contribution < 1.29 is 9.52 Å². The Hall–Kier alpha value is -1.43. The van der Waals surface area contributed by atoms with Crippen LogP contribution in [-0.4, -0.2) is 39.9 Å². The number of aliphatic hydroxyl groups excluding tert-OH is 1. The molecule has 1 aromatic carbocycles. The van der Waals surface area contributed by atoms with Crippen molar-refractivity contribution in [2.24, 2.45) is 0 Å². The van der Waals surface area contributed by atoms with Crippen molar-refractivity contribution >= 4 is 11.6 Å². The zero-order chi connectivity index (χ0) is 14.5. The molecule has 0 radical (unpaired) electrons. The first-order valence-electron chi connectivity index (χ1n) is 6.50. The van der Waals surface area contributed by atoms with E-state index in [1.54, 1.807) is 13.0 Å². The lowest BCUT2D eigenvalue weighted by Crippen LogP contribution is -2.22. The SMILES string of the molecule is CC(O)CCN(C)Cc1nnc(-c2ccccc2Cl)o1. The van der Waals surface area contributed by atoms with Crippen molar-refractivity contribution in [3.8, 4) is 11.5 Å². The molecule has 0 fully saturated rings. The van der Waals surface area contributed by atoms with Crippen LogP contribution in [0.3, 0.4) is 0 Å². The maximum absolute atomic E-state index is 9.26. The molecule has 6 heteroatoms. The van der Waals surface area contributed by atoms with Crippen LogP contribution >= 0.6 is 11.6 Å². The number of aliphatic hydroxyl groups is 1. The van der Waals surface area contributed by atoms with Gasteiger partial charge in [0.1, 0.15) is 0 Å². The van der Waals surface area contributed by atoms with Gasteiger partial charge in [-0.3, -0.25) is 4.90 Å². The summed E-state index contributed by atoms with van der Waals surface area (Å²) >= 11 is 6.09. The molecule has 20 heavy (non-hydrogen) atoms. The molecule has 1 N–H and O–H groups in total. The third kappa shape index (κ3) is 4.03. The fourth-order valence-electron chi connectivity index (χ4n) is 1.78. The smallest absolute Gasteiger partial charge is 0.249 e. The summed E-state index contributed by atoms with van der Waals surface area (Å²) in [5, 5.41) is 17.9. The number of nitrogens with zero attached hydrogens (tertiary/aromatic N) is 3. The molecule has 0 aliphatic heterocycles. The number of rotatable bonds is 6. The fraction of sp³-hybridized carbons (Fsp3) is 0.429. The predicted octanol–water partition coefficient (Wildman–Crippen LogP) is 2.59. The predicted molar refractivity (Wildman–Crippen MR) is 77.4 cm³/mol. The van der Waals surface area contributed by atoms with E-state index in [9.17, 15) is 5.11 Å². The van der Waals surface area contributed by atoms with E-state index in [0.29, 0.717) is 29.8 Å². The first kappa shape index (κ1) is 15.0. The summed E-state index contributed by atoms with van der Waals surface area (Å²) in [5.74, 6) is 0.961. The highest BCUT2D eigenvalue weighted by Gasteiger charge is 2.13. The van der Waals surface area contributed by atoms with E-state index in [4.69, 9.17) is 16.0 Å². The molecule has 0 amide bonds. The molecule has 0 saturated carbocycles. The molecule has 2 rings (SSSR count). The van der Waals surface area contributed by atoms with Crippen LogP contribution in [0.4, 0.5) is 0 Å². The summed E-state index contributed by atoms with van der Waals surface area (Å²) in [5.41, 5.74) is 0.736. The van der Waals surface area contributed by atoms with E-state index in [-0.39, 0.29) is 6.10 Å². The summed E-state index contributed by atoms with van der Waals surface area (Å²) in [6.45, 7) is 3.09. The zero-order valence-corrected chi connectivity index (χ0v) is 12.3. The molecule has 108 valence electrons. The van der Waals surface area contributed by atoms with Crippen molar-refractivity contribution in [2.75, 3.05) is 13.6 Å². The van der Waals surface area contributed by atoms with Gasteiger partial charge in [0.25, 0.3) is 0 Å². The van der Waals surface area contributed by atoms with Crippen molar-refractivity contribution in [1.29, 1.82) is 0 Å². The third-order valence-corrected chi connectivity index (χ3v) is 3.23. The van der Waals surface area contributed by atoms with Gasteiger partial charge in [0.15, 0.2) is 0 Å². The summed E-state index contributed by atoms with van der Waals surface area (Å²) in [7, 11) is 1.95. The highest BCUT2D eigenvalue weighted by atomic mass is 35.5. The minimum Gasteiger partial charge on any atom is -0.419 e. The van der Waals surface area contributed by atoms with Crippen LogP contribution in [0.15, 0.2) is 28.7 Å². The first-order valence-corrected chi connectivity index (χ1v) is 6.88. The molecule has 0 aliphatic rings. The second-order valence-corrected chi connectivity index (χ2v) is 5.26. The topological polar surface area (TPSA) is 62.4 Å². The van der Waals surface area contributed by atoms with Crippen LogP contribution in [0.5, 0.6) is 0 Å². The highest BCUT2D eigenvalue weighted by Crippen LogP contribution is 2.26. The van der Waals surface area contributed by atoms with E-state index in [2.05, 4.69) is 10.2 Å². The van der Waals surface area contributed by atoms with Gasteiger partial charge >= 0.3 is 0 Å². The molecule has 1 atom stereocenters. The second-order valence-electron chi connectivity index (χ2n) is 4.86. The number of hydrogen-bond donors (Lipinski definition) is 1. The fourth-order valence-corrected chi connectivity index (χ4v) is 1.99. The average Bonchev–Trinajstić information content (AvgIpc) is 2.85. The minimum atomic E-state index is -0.307. The Kier molecular flexibility index (Phi) is 5.11. The van der Waals surface area contributed by atoms with Crippen LogP contribution in [0.1, 0.15) is 19.2 Å². The molecular formula is C14H18ClN3O2. The standard InChI is InChI=1S/C14H18ClN3O2/c1-10(19)7-8-18(2)9-13-16-17-14(20-13)11-5-3-4-6-12(11)15/h3-6,10,19H,7-9H2,1-2H3. The van der Waals surface area contributed by atoms with Crippen molar-refractivity contribution in [2.45, 2.75) is 26.0 Å². The zero-order valence-electron chi connectivity index (χ0n) is 11.6. The Labute approximate surface area is 123 Å². The van der Waals surface area contributed by atoms with E-state index < -0.39 is 0 Å². The quantitative estimate of drug-likeness (QED) is 0.887. The molecule has 0 saturated heterocycles. The molecule has 1 aromatic heterocycles. The number of benzene rings is 1. The number of aromatic nitrogens is 2. The van der Waals surface area contributed by atoms with Gasteiger partial charge in [-0.15, -0.1) is 10.2 Å². The van der Waals surface area contributed by atoms with Crippen molar-refractivity contribution in [3.05, 3.63) is 35.2 Å². The van der Waals surface area contributed by atoms with Gasteiger partial charge < -0.3 is 9.52 Å². The maximum atomic E-state index is 9.26. The van der Waals surface area contributed by atoms with E-state index in [1.807, 2.05) is 30.1 Å². The Morgan fingerprint density at radius 3 is 2.80 bits per heavy atom. The summed E-state index contributed by atoms with van der Waals surface area (Å²) in [4.78, 5) is 2.02. The molecule has 1 unspecified atom stereocenters. The number of halogens is 1. The Bertz CT molecular complexity index is 557. The van der Waals surface area contributed by atoms with Gasteiger partial charge in [-0.25, -0.2) is 0 Å². The molecule has 5 nitrogen and oxygen atoms in total. The largest absolute Gasteiger partial charge is 0.419 e. The lowest BCUT2D eigenvalue weighted by Gasteiger charge is -2.14. The van der Waals surface area contributed by atoms with E-state index in [1.165, 1.54) is 0 Å². The lowest BCUT2D eigenvalue weighted by molar-refractivity contribution is 0.159. The molecular weight excluding hydrogens is 278 g/mol. The van der Waals surface area contributed by atoms with Crippen molar-refractivity contribution in [3.63, 3.8) is 0 Å². The molecule has 0 spiro atoms. The van der Waals surface area contributed by atoms with Gasteiger partial charge in [0.2, 0.25) is 11.8 Å². The van der Waals surface area contributed by atoms with Crippen LogP contribution in [-0.2, 0) is 6.54 Å². The monoisotopic (exact) mass is 295 g/mol. The highest BCUT2D eigenvalue weighted by molar-refractivity contribution is 6.33. The van der Waals surface area contributed by atoms with Gasteiger partial charge in [0.05, 0.1) is 23.2 Å². The number of hydrogen-bond acceptors (Lipinski definition) is 5. The Morgan fingerprint density at radius 2 is 2.10 bits per heavy atom. The van der Waals surface area contributed by atoms with Gasteiger partial charge in [-0.1, -0.05) is 23.7 Å². The minimum absolute atomic E-state index is 0.307. The third-order valence-electron chi connectivity index (χ3n) is 2.90. The van der Waals surface area contributed by atoms with Crippen LogP contribution in [0.2, 0.25) is 5.02 Å². The molecule has 1 heterocycles. The Balaban J connectivity index is 2.01. The van der Waals surface area contributed by atoms with E-state index >= 15 is 0 Å². The van der Waals surface area contributed by atoms with Crippen LogP contribution in [0.25, 0.3) is 11.5 Å². The van der Waals surface area contributed by atoms with Gasteiger partial charge in [0, 0.05) is 6.54 Å². The van der Waals surface area contributed by atoms with Crippen LogP contribution in [0, 0.1) is 0 Å². The lowest BCUT2D eigenvalue weighted by atomic mass is 10.2. The normalized spacial score (nSPS) is 12.8. The second kappa shape index (κ2) is 6.83. The summed E-state index contributed by atoms with van der Waals surface area (Å²) in [6, 6.07) is 7.36. The molecule has 0 aliphatic carbocycles. The molecule has 0 bridgehead atoms. The Morgan fingerprint density at radius 1 is 1.35 bits per heavy atom. The van der Waals surface area contributed by atoms with Crippen LogP contribution < -0.4 is 0 Å². The van der Waals surface area contributed by atoms with E-state index in [0.717, 1.165) is 12.1 Å². The van der Waals surface area contributed by atoms with Gasteiger partial charge in [-0.2, -0.15) is 0 Å².